The Morgan fingerprint density at radius 2 is 2.24 bits per heavy atom. The summed E-state index contributed by atoms with van der Waals surface area (Å²) < 4.78 is 0.723. The van der Waals surface area contributed by atoms with Crippen molar-refractivity contribution in [3.8, 4) is 6.07 Å². The zero-order chi connectivity index (χ0) is 18.1. The first-order valence-electron chi connectivity index (χ1n) is 7.74. The van der Waals surface area contributed by atoms with E-state index in [9.17, 15) is 4.79 Å². The summed E-state index contributed by atoms with van der Waals surface area (Å²) in [5.41, 5.74) is 0.792. The molecular weight excluding hydrogens is 354 g/mol. The van der Waals surface area contributed by atoms with Crippen LogP contribution < -0.4 is 10.2 Å². The van der Waals surface area contributed by atoms with Crippen molar-refractivity contribution in [3.05, 3.63) is 43.0 Å². The van der Waals surface area contributed by atoms with E-state index >= 15 is 0 Å². The van der Waals surface area contributed by atoms with Crippen LogP contribution in [0.4, 0.5) is 10.8 Å². The largest absolute Gasteiger partial charge is 0.357 e. The summed E-state index contributed by atoms with van der Waals surface area (Å²) in [6.07, 6.45) is 2.03. The zero-order valence-corrected chi connectivity index (χ0v) is 15.5. The van der Waals surface area contributed by atoms with Crippen LogP contribution >= 0.6 is 23.1 Å². The van der Waals surface area contributed by atoms with Crippen LogP contribution in [0.1, 0.15) is 13.3 Å². The summed E-state index contributed by atoms with van der Waals surface area (Å²) in [4.78, 5) is 14.5. The van der Waals surface area contributed by atoms with Gasteiger partial charge in [0.2, 0.25) is 11.0 Å². The van der Waals surface area contributed by atoms with Crippen LogP contribution in [-0.2, 0) is 4.79 Å². The highest BCUT2D eigenvalue weighted by molar-refractivity contribution is 8.02. The second kappa shape index (κ2) is 9.81. The molecule has 0 aliphatic rings. The van der Waals surface area contributed by atoms with E-state index in [1.165, 1.54) is 23.1 Å². The Labute approximate surface area is 155 Å². The number of aromatic nitrogens is 2. The van der Waals surface area contributed by atoms with E-state index in [-0.39, 0.29) is 17.6 Å². The number of rotatable bonds is 9. The Bertz CT molecular complexity index is 741. The second-order valence-corrected chi connectivity index (χ2v) is 7.60. The predicted octanol–water partition coefficient (Wildman–Crippen LogP) is 3.56. The molecule has 1 atom stereocenters. The number of thioether (sulfide) groups is 1. The monoisotopic (exact) mass is 373 g/mol. The van der Waals surface area contributed by atoms with Gasteiger partial charge in [0, 0.05) is 18.8 Å². The molecule has 1 heterocycles. The maximum atomic E-state index is 12.9. The summed E-state index contributed by atoms with van der Waals surface area (Å²) in [7, 11) is 0. The van der Waals surface area contributed by atoms with Crippen LogP contribution in [0.3, 0.4) is 0 Å². The van der Waals surface area contributed by atoms with Gasteiger partial charge in [0.25, 0.3) is 0 Å². The SMILES string of the molecule is C=CCNc1nnc(S[C@H](C)C(=O)N(CCC#N)c2ccccc2)s1. The number of hydrogen-bond acceptors (Lipinski definition) is 7. The molecule has 25 heavy (non-hydrogen) atoms. The fourth-order valence-corrected chi connectivity index (χ4v) is 4.01. The number of anilines is 2. The summed E-state index contributed by atoms with van der Waals surface area (Å²) in [6, 6.07) is 11.5. The highest BCUT2D eigenvalue weighted by atomic mass is 32.2. The average molecular weight is 374 g/mol. The third kappa shape index (κ3) is 5.59. The van der Waals surface area contributed by atoms with Gasteiger partial charge in [0.15, 0.2) is 4.34 Å². The van der Waals surface area contributed by atoms with E-state index in [0.29, 0.717) is 18.2 Å². The summed E-state index contributed by atoms with van der Waals surface area (Å²) in [5.74, 6) is -0.0535. The van der Waals surface area contributed by atoms with Crippen LogP contribution in [-0.4, -0.2) is 34.4 Å². The van der Waals surface area contributed by atoms with Crippen molar-refractivity contribution in [2.75, 3.05) is 23.3 Å². The second-order valence-electron chi connectivity index (χ2n) is 5.04. The maximum Gasteiger partial charge on any atom is 0.240 e. The minimum atomic E-state index is -0.334. The number of para-hydroxylation sites is 1. The molecule has 130 valence electrons. The van der Waals surface area contributed by atoms with Crippen LogP contribution in [0.5, 0.6) is 0 Å². The van der Waals surface area contributed by atoms with Crippen LogP contribution in [0.25, 0.3) is 0 Å². The molecule has 0 saturated heterocycles. The van der Waals surface area contributed by atoms with E-state index in [1.54, 1.807) is 11.0 Å². The zero-order valence-electron chi connectivity index (χ0n) is 13.9. The summed E-state index contributed by atoms with van der Waals surface area (Å²) in [5, 5.41) is 20.4. The van der Waals surface area contributed by atoms with Gasteiger partial charge < -0.3 is 10.2 Å². The smallest absolute Gasteiger partial charge is 0.240 e. The minimum Gasteiger partial charge on any atom is -0.357 e. The molecule has 0 spiro atoms. The highest BCUT2D eigenvalue weighted by Gasteiger charge is 2.24. The van der Waals surface area contributed by atoms with Crippen molar-refractivity contribution in [1.82, 2.24) is 10.2 Å². The molecule has 0 saturated carbocycles. The Morgan fingerprint density at radius 1 is 1.48 bits per heavy atom. The normalized spacial score (nSPS) is 11.4. The first-order chi connectivity index (χ1) is 12.2. The number of carbonyl (C=O) groups is 1. The third-order valence-electron chi connectivity index (χ3n) is 3.21. The van der Waals surface area contributed by atoms with Gasteiger partial charge >= 0.3 is 0 Å². The van der Waals surface area contributed by atoms with Crippen LogP contribution in [0, 0.1) is 11.3 Å². The molecule has 1 amide bonds. The van der Waals surface area contributed by atoms with Crippen molar-refractivity contribution < 1.29 is 4.79 Å². The number of carbonyl (C=O) groups excluding carboxylic acids is 1. The number of nitriles is 1. The molecular formula is C17H19N5OS2. The topological polar surface area (TPSA) is 81.9 Å². The Balaban J connectivity index is 2.06. The average Bonchev–Trinajstić information content (AvgIpc) is 3.08. The number of nitrogens with one attached hydrogen (secondary N) is 1. The van der Waals surface area contributed by atoms with Crippen LogP contribution in [0.15, 0.2) is 47.3 Å². The summed E-state index contributed by atoms with van der Waals surface area (Å²) >= 11 is 2.77. The first kappa shape index (κ1) is 19.0. The van der Waals surface area contributed by atoms with E-state index in [4.69, 9.17) is 5.26 Å². The standard InChI is InChI=1S/C17H19N5OS2/c1-3-11-19-16-20-21-17(25-16)24-13(2)15(23)22(12-7-10-18)14-8-5-4-6-9-14/h3-6,8-9,13H,1,7,11-12H2,2H3,(H,19,20)/t13-/m1/s1. The fraction of sp³-hybridized carbons (Fsp3) is 0.294. The Kier molecular flexibility index (Phi) is 7.44. The number of hydrogen-bond donors (Lipinski definition) is 1. The van der Waals surface area contributed by atoms with Gasteiger partial charge in [-0.3, -0.25) is 4.79 Å². The molecule has 2 aromatic rings. The van der Waals surface area contributed by atoms with E-state index in [2.05, 4.69) is 28.2 Å². The molecule has 0 unspecified atom stereocenters. The molecule has 1 aromatic heterocycles. The molecule has 1 N–H and O–H groups in total. The molecule has 0 bridgehead atoms. The minimum absolute atomic E-state index is 0.0535. The van der Waals surface area contributed by atoms with Gasteiger partial charge in [0.05, 0.1) is 17.7 Å². The molecule has 2 rings (SSSR count). The Hall–Kier alpha value is -2.37. The Morgan fingerprint density at radius 3 is 2.92 bits per heavy atom. The quantitative estimate of drug-likeness (QED) is 0.534. The maximum absolute atomic E-state index is 12.9. The number of benzene rings is 1. The van der Waals surface area contributed by atoms with Crippen molar-refractivity contribution >= 4 is 39.8 Å². The lowest BCUT2D eigenvalue weighted by molar-refractivity contribution is -0.117. The lowest BCUT2D eigenvalue weighted by atomic mass is 10.2. The van der Waals surface area contributed by atoms with Crippen molar-refractivity contribution in [2.45, 2.75) is 22.9 Å². The van der Waals surface area contributed by atoms with E-state index in [0.717, 1.165) is 10.0 Å². The number of amides is 1. The molecule has 8 heteroatoms. The third-order valence-corrected chi connectivity index (χ3v) is 5.26. The lowest BCUT2D eigenvalue weighted by Gasteiger charge is -2.24. The van der Waals surface area contributed by atoms with Gasteiger partial charge in [-0.1, -0.05) is 47.4 Å². The highest BCUT2D eigenvalue weighted by Crippen LogP contribution is 2.30. The predicted molar refractivity (Wildman–Crippen MR) is 103 cm³/mol. The number of nitrogens with zero attached hydrogens (tertiary/aromatic N) is 4. The first-order valence-corrected chi connectivity index (χ1v) is 9.43. The van der Waals surface area contributed by atoms with Crippen molar-refractivity contribution in [3.63, 3.8) is 0 Å². The van der Waals surface area contributed by atoms with Gasteiger partial charge in [0.1, 0.15) is 0 Å². The van der Waals surface area contributed by atoms with Crippen molar-refractivity contribution in [1.29, 1.82) is 5.26 Å². The van der Waals surface area contributed by atoms with Gasteiger partial charge in [-0.15, -0.1) is 16.8 Å². The molecule has 0 aliphatic heterocycles. The molecule has 0 aliphatic carbocycles. The van der Waals surface area contributed by atoms with Gasteiger partial charge in [-0.05, 0) is 19.1 Å². The fourth-order valence-electron chi connectivity index (χ4n) is 2.05. The van der Waals surface area contributed by atoms with E-state index in [1.807, 2.05) is 37.3 Å². The molecule has 6 nitrogen and oxygen atoms in total. The van der Waals surface area contributed by atoms with Crippen molar-refractivity contribution in [2.24, 2.45) is 0 Å². The molecule has 1 aromatic carbocycles. The van der Waals surface area contributed by atoms with Gasteiger partial charge in [-0.25, -0.2) is 0 Å². The van der Waals surface area contributed by atoms with Crippen LogP contribution in [0.2, 0.25) is 0 Å². The molecule has 0 radical (unpaired) electrons. The lowest BCUT2D eigenvalue weighted by Crippen LogP contribution is -2.37. The van der Waals surface area contributed by atoms with Gasteiger partial charge in [-0.2, -0.15) is 5.26 Å². The van der Waals surface area contributed by atoms with E-state index < -0.39 is 0 Å². The summed E-state index contributed by atoms with van der Waals surface area (Å²) in [6.45, 7) is 6.47. The molecule has 0 fully saturated rings.